The van der Waals surface area contributed by atoms with Gasteiger partial charge >= 0.3 is 0 Å². The third-order valence-corrected chi connectivity index (χ3v) is 2.65. The fraction of sp³-hybridized carbons (Fsp3) is 0.143. The minimum Gasteiger partial charge on any atom is -0.496 e. The Labute approximate surface area is 95.7 Å². The van der Waals surface area contributed by atoms with Crippen LogP contribution in [0, 0.1) is 6.92 Å². The molecule has 0 atom stereocenters. The molecule has 2 aromatic rings. The molecule has 0 amide bonds. The van der Waals surface area contributed by atoms with Gasteiger partial charge in [-0.15, -0.1) is 0 Å². The first kappa shape index (κ1) is 10.6. The maximum atomic E-state index is 5.74. The van der Waals surface area contributed by atoms with E-state index in [1.165, 1.54) is 0 Å². The van der Waals surface area contributed by atoms with E-state index < -0.39 is 0 Å². The van der Waals surface area contributed by atoms with Gasteiger partial charge in [0.25, 0.3) is 0 Å². The lowest BCUT2D eigenvalue weighted by Gasteiger charge is -2.11. The zero-order chi connectivity index (χ0) is 11.5. The lowest BCUT2D eigenvalue weighted by molar-refractivity contribution is 0.416. The van der Waals surface area contributed by atoms with Crippen molar-refractivity contribution in [2.75, 3.05) is 12.8 Å². The average molecular weight is 213 g/mol. The van der Waals surface area contributed by atoms with Crippen molar-refractivity contribution in [3.05, 3.63) is 48.0 Å². The Kier molecular flexibility index (Phi) is 2.82. The number of nitrogen functional groups attached to an aromatic ring is 1. The molecule has 0 saturated heterocycles. The van der Waals surface area contributed by atoms with Gasteiger partial charge in [-0.05, 0) is 36.2 Å². The predicted octanol–water partition coefficient (Wildman–Crippen LogP) is 3.25. The van der Waals surface area contributed by atoms with Gasteiger partial charge in [-0.25, -0.2) is 0 Å². The Morgan fingerprint density at radius 2 is 1.75 bits per heavy atom. The van der Waals surface area contributed by atoms with Crippen molar-refractivity contribution in [1.29, 1.82) is 0 Å². The molecular formula is C14H15NO. The first-order chi connectivity index (χ1) is 7.72. The fourth-order valence-electron chi connectivity index (χ4n) is 1.86. The summed E-state index contributed by atoms with van der Waals surface area (Å²) in [6, 6.07) is 13.9. The quantitative estimate of drug-likeness (QED) is 0.777. The zero-order valence-corrected chi connectivity index (χ0v) is 9.53. The number of aryl methyl sites for hydroxylation is 1. The van der Waals surface area contributed by atoms with Crippen molar-refractivity contribution in [2.24, 2.45) is 0 Å². The summed E-state index contributed by atoms with van der Waals surface area (Å²) in [7, 11) is 1.69. The van der Waals surface area contributed by atoms with Crippen molar-refractivity contribution in [1.82, 2.24) is 0 Å². The standard InChI is InChI=1S/C14H15NO/c1-10-9-11(15)7-8-12(10)13-5-3-4-6-14(13)16-2/h3-9H,15H2,1-2H3. The summed E-state index contributed by atoms with van der Waals surface area (Å²) in [4.78, 5) is 0. The van der Waals surface area contributed by atoms with Crippen molar-refractivity contribution in [3.63, 3.8) is 0 Å². The van der Waals surface area contributed by atoms with Gasteiger partial charge in [0.05, 0.1) is 7.11 Å². The summed E-state index contributed by atoms with van der Waals surface area (Å²) in [6.07, 6.45) is 0. The van der Waals surface area contributed by atoms with Crippen LogP contribution in [-0.4, -0.2) is 7.11 Å². The minimum absolute atomic E-state index is 0.788. The van der Waals surface area contributed by atoms with E-state index in [4.69, 9.17) is 10.5 Å². The average Bonchev–Trinajstić information content (AvgIpc) is 2.29. The highest BCUT2D eigenvalue weighted by Crippen LogP contribution is 2.32. The van der Waals surface area contributed by atoms with Crippen LogP contribution >= 0.6 is 0 Å². The Bertz CT molecular complexity index is 506. The van der Waals surface area contributed by atoms with Gasteiger partial charge in [0, 0.05) is 11.3 Å². The van der Waals surface area contributed by atoms with Gasteiger partial charge in [-0.3, -0.25) is 0 Å². The highest BCUT2D eigenvalue weighted by atomic mass is 16.5. The van der Waals surface area contributed by atoms with Crippen LogP contribution in [0.3, 0.4) is 0 Å². The molecule has 0 saturated carbocycles. The first-order valence-corrected chi connectivity index (χ1v) is 5.22. The Morgan fingerprint density at radius 1 is 1.00 bits per heavy atom. The lowest BCUT2D eigenvalue weighted by atomic mass is 9.99. The third kappa shape index (κ3) is 1.87. The molecule has 0 aliphatic carbocycles. The number of anilines is 1. The number of benzene rings is 2. The summed E-state index contributed by atoms with van der Waals surface area (Å²) in [5.74, 6) is 0.885. The molecule has 0 aliphatic rings. The van der Waals surface area contributed by atoms with Crippen LogP contribution < -0.4 is 10.5 Å². The zero-order valence-electron chi connectivity index (χ0n) is 9.53. The number of rotatable bonds is 2. The molecule has 0 spiro atoms. The maximum absolute atomic E-state index is 5.74. The SMILES string of the molecule is COc1ccccc1-c1ccc(N)cc1C. The molecule has 0 aliphatic heterocycles. The van der Waals surface area contributed by atoms with Crippen LogP contribution in [0.4, 0.5) is 5.69 Å². The molecular weight excluding hydrogens is 198 g/mol. The Balaban J connectivity index is 2.58. The molecule has 0 unspecified atom stereocenters. The number of methoxy groups -OCH3 is 1. The second-order valence-corrected chi connectivity index (χ2v) is 3.77. The van der Waals surface area contributed by atoms with E-state index in [-0.39, 0.29) is 0 Å². The van der Waals surface area contributed by atoms with E-state index in [1.54, 1.807) is 7.11 Å². The summed E-state index contributed by atoms with van der Waals surface area (Å²) >= 11 is 0. The molecule has 0 aromatic heterocycles. The molecule has 82 valence electrons. The molecule has 2 aromatic carbocycles. The van der Waals surface area contributed by atoms with Gasteiger partial charge in [0.1, 0.15) is 5.75 Å². The van der Waals surface area contributed by atoms with Crippen molar-refractivity contribution in [3.8, 4) is 16.9 Å². The summed E-state index contributed by atoms with van der Waals surface area (Å²) in [5, 5.41) is 0. The number of hydrogen-bond donors (Lipinski definition) is 1. The van der Waals surface area contributed by atoms with Crippen LogP contribution in [-0.2, 0) is 0 Å². The summed E-state index contributed by atoms with van der Waals surface area (Å²) in [5.41, 5.74) is 9.95. The highest BCUT2D eigenvalue weighted by molar-refractivity contribution is 5.74. The van der Waals surface area contributed by atoms with Crippen LogP contribution in [0.15, 0.2) is 42.5 Å². The van der Waals surface area contributed by atoms with Gasteiger partial charge in [0.15, 0.2) is 0 Å². The molecule has 0 radical (unpaired) electrons. The van der Waals surface area contributed by atoms with Gasteiger partial charge in [0.2, 0.25) is 0 Å². The maximum Gasteiger partial charge on any atom is 0.126 e. The third-order valence-electron chi connectivity index (χ3n) is 2.65. The van der Waals surface area contributed by atoms with E-state index in [2.05, 4.69) is 13.0 Å². The topological polar surface area (TPSA) is 35.2 Å². The summed E-state index contributed by atoms with van der Waals surface area (Å²) in [6.45, 7) is 2.05. The number of nitrogens with two attached hydrogens (primary N) is 1. The van der Waals surface area contributed by atoms with E-state index in [9.17, 15) is 0 Å². The van der Waals surface area contributed by atoms with Crippen LogP contribution in [0.5, 0.6) is 5.75 Å². The summed E-state index contributed by atoms with van der Waals surface area (Å²) < 4.78 is 5.35. The second kappa shape index (κ2) is 4.27. The number of hydrogen-bond acceptors (Lipinski definition) is 2. The van der Waals surface area contributed by atoms with E-state index in [0.29, 0.717) is 0 Å². The fourth-order valence-corrected chi connectivity index (χ4v) is 1.86. The molecule has 0 fully saturated rings. The number of para-hydroxylation sites is 1. The van der Waals surface area contributed by atoms with Crippen molar-refractivity contribution >= 4 is 5.69 Å². The van der Waals surface area contributed by atoms with E-state index >= 15 is 0 Å². The second-order valence-electron chi connectivity index (χ2n) is 3.77. The molecule has 2 rings (SSSR count). The molecule has 16 heavy (non-hydrogen) atoms. The first-order valence-electron chi connectivity index (χ1n) is 5.22. The van der Waals surface area contributed by atoms with E-state index in [0.717, 1.165) is 28.1 Å². The highest BCUT2D eigenvalue weighted by Gasteiger charge is 2.07. The lowest BCUT2D eigenvalue weighted by Crippen LogP contribution is -1.91. The van der Waals surface area contributed by atoms with Crippen LogP contribution in [0.2, 0.25) is 0 Å². The van der Waals surface area contributed by atoms with Gasteiger partial charge in [-0.2, -0.15) is 0 Å². The largest absolute Gasteiger partial charge is 0.496 e. The molecule has 2 N–H and O–H groups in total. The van der Waals surface area contributed by atoms with Gasteiger partial charge in [-0.1, -0.05) is 24.3 Å². The van der Waals surface area contributed by atoms with Gasteiger partial charge < -0.3 is 10.5 Å². The Hall–Kier alpha value is -1.96. The van der Waals surface area contributed by atoms with Crippen LogP contribution in [0.25, 0.3) is 11.1 Å². The number of ether oxygens (including phenoxy) is 1. The van der Waals surface area contributed by atoms with E-state index in [1.807, 2.05) is 36.4 Å². The van der Waals surface area contributed by atoms with Crippen LogP contribution in [0.1, 0.15) is 5.56 Å². The minimum atomic E-state index is 0.788. The normalized spacial score (nSPS) is 10.1. The van der Waals surface area contributed by atoms with Crippen molar-refractivity contribution < 1.29 is 4.74 Å². The Morgan fingerprint density at radius 3 is 2.44 bits per heavy atom. The molecule has 2 nitrogen and oxygen atoms in total. The molecule has 2 heteroatoms. The predicted molar refractivity (Wildman–Crippen MR) is 67.6 cm³/mol. The monoisotopic (exact) mass is 213 g/mol. The smallest absolute Gasteiger partial charge is 0.126 e. The molecule has 0 bridgehead atoms. The van der Waals surface area contributed by atoms with Crippen molar-refractivity contribution in [2.45, 2.75) is 6.92 Å². The molecule has 0 heterocycles.